The molecule has 12 N–H and O–H groups in total. The SMILES string of the molecule is CCC(C)C(N)C(=O)NC(Cc1ccc(O)cc1)C(=O)NC(Cc1c[nH]c2ccccc12)C(=O)NC(CCCN=C(N)N)C(=O)O. The molecule has 248 valence electrons. The summed E-state index contributed by atoms with van der Waals surface area (Å²) in [6.45, 7) is 3.91. The number of aromatic hydroxyl groups is 1. The molecule has 0 radical (unpaired) electrons. The quantitative estimate of drug-likeness (QED) is 0.0571. The van der Waals surface area contributed by atoms with Gasteiger partial charge >= 0.3 is 5.97 Å². The van der Waals surface area contributed by atoms with Crippen molar-refractivity contribution in [1.82, 2.24) is 20.9 Å². The van der Waals surface area contributed by atoms with Crippen LogP contribution in [0.5, 0.6) is 5.75 Å². The molecule has 5 unspecified atom stereocenters. The highest BCUT2D eigenvalue weighted by Crippen LogP contribution is 2.20. The van der Waals surface area contributed by atoms with Crippen LogP contribution in [0, 0.1) is 5.92 Å². The largest absolute Gasteiger partial charge is 0.508 e. The number of carboxylic acids is 1. The van der Waals surface area contributed by atoms with E-state index in [-0.39, 0.29) is 49.9 Å². The van der Waals surface area contributed by atoms with Gasteiger partial charge in [0, 0.05) is 36.5 Å². The Kier molecular flexibility index (Phi) is 12.9. The van der Waals surface area contributed by atoms with Crippen LogP contribution < -0.4 is 33.2 Å². The second-order valence-electron chi connectivity index (χ2n) is 11.3. The molecule has 1 aromatic heterocycles. The number of aliphatic carboxylic acids is 1. The average molecular weight is 637 g/mol. The molecule has 46 heavy (non-hydrogen) atoms. The molecule has 0 aliphatic carbocycles. The molecule has 0 fully saturated rings. The monoisotopic (exact) mass is 636 g/mol. The van der Waals surface area contributed by atoms with Crippen LogP contribution in [-0.2, 0) is 32.0 Å². The molecule has 0 aliphatic rings. The smallest absolute Gasteiger partial charge is 0.326 e. The van der Waals surface area contributed by atoms with Crippen LogP contribution in [0.2, 0.25) is 0 Å². The fraction of sp³-hybridized carbons (Fsp3) is 0.406. The number of carboxylic acid groups (broad SMARTS) is 1. The number of phenolic OH excluding ortho intramolecular Hbond substituents is 1. The third-order valence-electron chi connectivity index (χ3n) is 7.86. The molecular weight excluding hydrogens is 592 g/mol. The number of nitrogens with zero attached hydrogens (tertiary/aromatic N) is 1. The maximum absolute atomic E-state index is 13.9. The molecule has 0 bridgehead atoms. The van der Waals surface area contributed by atoms with Crippen LogP contribution in [0.1, 0.15) is 44.2 Å². The van der Waals surface area contributed by atoms with Gasteiger partial charge in [-0.1, -0.05) is 50.6 Å². The number of aromatic amines is 1. The molecule has 5 atom stereocenters. The van der Waals surface area contributed by atoms with Gasteiger partial charge in [0.2, 0.25) is 17.7 Å². The number of amides is 3. The number of para-hydroxylation sites is 1. The molecule has 0 spiro atoms. The molecule has 3 aromatic rings. The third-order valence-corrected chi connectivity index (χ3v) is 7.86. The van der Waals surface area contributed by atoms with Gasteiger partial charge in [0.15, 0.2) is 5.96 Å². The second-order valence-corrected chi connectivity index (χ2v) is 11.3. The summed E-state index contributed by atoms with van der Waals surface area (Å²) in [5, 5.41) is 28.4. The maximum atomic E-state index is 13.9. The van der Waals surface area contributed by atoms with E-state index in [1.807, 2.05) is 38.1 Å². The van der Waals surface area contributed by atoms with E-state index in [0.717, 1.165) is 10.9 Å². The minimum Gasteiger partial charge on any atom is -0.508 e. The number of fused-ring (bicyclic) bond motifs is 1. The first-order valence-electron chi connectivity index (χ1n) is 15.2. The number of guanidine groups is 1. The van der Waals surface area contributed by atoms with Gasteiger partial charge < -0.3 is 48.3 Å². The minimum atomic E-state index is -1.27. The van der Waals surface area contributed by atoms with E-state index in [1.165, 1.54) is 12.1 Å². The van der Waals surface area contributed by atoms with Crippen molar-refractivity contribution in [3.05, 3.63) is 65.9 Å². The number of aromatic nitrogens is 1. The highest BCUT2D eigenvalue weighted by molar-refractivity contribution is 5.95. The van der Waals surface area contributed by atoms with Crippen molar-refractivity contribution < 1.29 is 29.4 Å². The molecule has 1 heterocycles. The van der Waals surface area contributed by atoms with Crippen LogP contribution in [-0.4, -0.2) is 75.6 Å². The van der Waals surface area contributed by atoms with E-state index < -0.39 is 47.9 Å². The molecule has 3 rings (SSSR count). The summed E-state index contributed by atoms with van der Waals surface area (Å²) in [6, 6.07) is 9.09. The van der Waals surface area contributed by atoms with Crippen molar-refractivity contribution in [2.45, 2.75) is 70.1 Å². The van der Waals surface area contributed by atoms with Crippen molar-refractivity contribution in [2.75, 3.05) is 6.54 Å². The van der Waals surface area contributed by atoms with Crippen LogP contribution in [0.15, 0.2) is 59.7 Å². The lowest BCUT2D eigenvalue weighted by atomic mass is 9.98. The molecule has 14 nitrogen and oxygen atoms in total. The van der Waals surface area contributed by atoms with Gasteiger partial charge in [0.25, 0.3) is 0 Å². The highest BCUT2D eigenvalue weighted by Gasteiger charge is 2.32. The minimum absolute atomic E-state index is 0.0220. The van der Waals surface area contributed by atoms with Crippen molar-refractivity contribution in [3.8, 4) is 5.75 Å². The summed E-state index contributed by atoms with van der Waals surface area (Å²) in [4.78, 5) is 59.6. The standard InChI is InChI=1S/C32H44N8O6/c1-3-18(2)27(33)30(44)40-25(15-19-10-12-21(41)13-11-19)28(42)39-26(16-20-17-37-23-8-5-4-7-22(20)23)29(43)38-24(31(45)46)9-6-14-36-32(34)35/h4-5,7-8,10-13,17-18,24-27,37,41H,3,6,9,14-16,33H2,1-2H3,(H,38,43)(H,39,42)(H,40,44)(H,45,46)(H4,34,35,36). The van der Waals surface area contributed by atoms with Crippen LogP contribution in [0.25, 0.3) is 10.9 Å². The molecule has 14 heteroatoms. The first-order valence-corrected chi connectivity index (χ1v) is 15.2. The van der Waals surface area contributed by atoms with E-state index in [0.29, 0.717) is 17.5 Å². The fourth-order valence-corrected chi connectivity index (χ4v) is 4.89. The lowest BCUT2D eigenvalue weighted by Crippen LogP contribution is -2.58. The number of phenols is 1. The van der Waals surface area contributed by atoms with Gasteiger partial charge in [-0.2, -0.15) is 0 Å². The van der Waals surface area contributed by atoms with Gasteiger partial charge in [-0.3, -0.25) is 19.4 Å². The summed E-state index contributed by atoms with van der Waals surface area (Å²) in [6.07, 6.45) is 2.75. The molecule has 0 aliphatic heterocycles. The van der Waals surface area contributed by atoms with E-state index in [4.69, 9.17) is 17.2 Å². The Balaban J connectivity index is 1.89. The average Bonchev–Trinajstić information content (AvgIpc) is 3.44. The van der Waals surface area contributed by atoms with E-state index in [2.05, 4.69) is 25.9 Å². The summed E-state index contributed by atoms with van der Waals surface area (Å²) < 4.78 is 0. The Morgan fingerprint density at radius 3 is 2.13 bits per heavy atom. The predicted molar refractivity (Wildman–Crippen MR) is 175 cm³/mol. The van der Waals surface area contributed by atoms with E-state index >= 15 is 0 Å². The Hall–Kier alpha value is -5.11. The normalized spacial score (nSPS) is 14.3. The zero-order valence-electron chi connectivity index (χ0n) is 26.0. The number of rotatable bonds is 17. The van der Waals surface area contributed by atoms with Crippen molar-refractivity contribution in [2.24, 2.45) is 28.1 Å². The molecule has 3 amide bonds. The lowest BCUT2D eigenvalue weighted by molar-refractivity contribution is -0.142. The van der Waals surface area contributed by atoms with E-state index in [1.54, 1.807) is 18.3 Å². The summed E-state index contributed by atoms with van der Waals surface area (Å²) in [5.41, 5.74) is 19.0. The number of carbonyl (C=O) groups is 4. The summed E-state index contributed by atoms with van der Waals surface area (Å²) >= 11 is 0. The van der Waals surface area contributed by atoms with Gasteiger partial charge in [-0.05, 0) is 48.1 Å². The molecule has 2 aromatic carbocycles. The number of nitrogens with one attached hydrogen (secondary N) is 4. The van der Waals surface area contributed by atoms with Crippen molar-refractivity contribution >= 4 is 40.6 Å². The Morgan fingerprint density at radius 2 is 1.50 bits per heavy atom. The number of aliphatic imine (C=N–C) groups is 1. The van der Waals surface area contributed by atoms with Gasteiger partial charge in [-0.15, -0.1) is 0 Å². The first kappa shape index (κ1) is 35.4. The zero-order chi connectivity index (χ0) is 33.8. The predicted octanol–water partition coefficient (Wildman–Crippen LogP) is 0.625. The Bertz CT molecular complexity index is 1520. The lowest BCUT2D eigenvalue weighted by Gasteiger charge is -2.26. The van der Waals surface area contributed by atoms with Gasteiger partial charge in [-0.25, -0.2) is 4.79 Å². The van der Waals surface area contributed by atoms with Crippen LogP contribution >= 0.6 is 0 Å². The van der Waals surface area contributed by atoms with Crippen molar-refractivity contribution in [3.63, 3.8) is 0 Å². The first-order chi connectivity index (χ1) is 21.9. The number of benzene rings is 2. The summed E-state index contributed by atoms with van der Waals surface area (Å²) in [7, 11) is 0. The number of nitrogens with two attached hydrogens (primary N) is 3. The fourth-order valence-electron chi connectivity index (χ4n) is 4.89. The van der Waals surface area contributed by atoms with Crippen molar-refractivity contribution in [1.29, 1.82) is 0 Å². The summed E-state index contributed by atoms with van der Waals surface area (Å²) in [5.74, 6) is -3.43. The number of carbonyl (C=O) groups excluding carboxylic acids is 3. The van der Waals surface area contributed by atoms with Crippen LogP contribution in [0.4, 0.5) is 0 Å². The number of H-pyrrole nitrogens is 1. The number of hydrogen-bond acceptors (Lipinski definition) is 7. The van der Waals surface area contributed by atoms with E-state index in [9.17, 15) is 29.4 Å². The molecular formula is C32H44N8O6. The van der Waals surface area contributed by atoms with Crippen LogP contribution in [0.3, 0.4) is 0 Å². The number of hydrogen-bond donors (Lipinski definition) is 9. The second kappa shape index (κ2) is 16.8. The van der Waals surface area contributed by atoms with Gasteiger partial charge in [0.05, 0.1) is 6.04 Å². The van der Waals surface area contributed by atoms with Gasteiger partial charge in [0.1, 0.15) is 23.9 Å². The Labute approximate surface area is 267 Å². The highest BCUT2D eigenvalue weighted by atomic mass is 16.4. The molecule has 0 saturated carbocycles. The third kappa shape index (κ3) is 10.2. The topological polar surface area (TPSA) is 251 Å². The Morgan fingerprint density at radius 1 is 0.891 bits per heavy atom. The maximum Gasteiger partial charge on any atom is 0.326 e. The zero-order valence-corrected chi connectivity index (χ0v) is 26.0. The molecule has 0 saturated heterocycles.